The summed E-state index contributed by atoms with van der Waals surface area (Å²) >= 11 is 0. The number of hydrogen-bond donors (Lipinski definition) is 1. The summed E-state index contributed by atoms with van der Waals surface area (Å²) < 4.78 is 30.7. The van der Waals surface area contributed by atoms with E-state index >= 15 is 0 Å². The molecule has 90 valence electrons. The molecule has 1 aliphatic heterocycles. The second-order valence-electron chi connectivity index (χ2n) is 4.41. The molecule has 1 aliphatic rings. The van der Waals surface area contributed by atoms with Crippen LogP contribution in [-0.4, -0.2) is 49.8 Å². The van der Waals surface area contributed by atoms with Gasteiger partial charge in [-0.05, 0) is 20.8 Å². The summed E-state index contributed by atoms with van der Waals surface area (Å²) in [6.45, 7) is 6.50. The molecular weight excluding hydrogens is 216 g/mol. The highest BCUT2D eigenvalue weighted by molar-refractivity contribution is 7.89. The van der Waals surface area contributed by atoms with E-state index in [9.17, 15) is 8.42 Å². The predicted octanol–water partition coefficient (Wildman–Crippen LogP) is -0.226. The third kappa shape index (κ3) is 2.69. The second kappa shape index (κ2) is 4.37. The minimum absolute atomic E-state index is 0.119. The molecule has 0 bridgehead atoms. The Bertz CT molecular complexity index is 313. The van der Waals surface area contributed by atoms with Crippen LogP contribution in [0.1, 0.15) is 20.8 Å². The summed E-state index contributed by atoms with van der Waals surface area (Å²) in [5.41, 5.74) is 5.02. The Morgan fingerprint density at radius 3 is 2.60 bits per heavy atom. The standard InChI is InChI=1S/C9H20N2O3S/c1-4-15(12,13)11-6-8(5-10)14-7-9(11,2)3/h8H,4-7,10H2,1-3H3. The van der Waals surface area contributed by atoms with Crippen LogP contribution >= 0.6 is 0 Å². The van der Waals surface area contributed by atoms with Gasteiger partial charge in [-0.2, -0.15) is 4.31 Å². The van der Waals surface area contributed by atoms with Crippen molar-refractivity contribution in [2.24, 2.45) is 5.73 Å². The molecule has 0 spiro atoms. The number of nitrogens with zero attached hydrogens (tertiary/aromatic N) is 1. The van der Waals surface area contributed by atoms with Gasteiger partial charge in [0.15, 0.2) is 0 Å². The molecule has 0 aliphatic carbocycles. The van der Waals surface area contributed by atoms with Crippen molar-refractivity contribution in [1.82, 2.24) is 4.31 Å². The SMILES string of the molecule is CCS(=O)(=O)N1CC(CN)OCC1(C)C. The van der Waals surface area contributed by atoms with Gasteiger partial charge < -0.3 is 10.5 Å². The van der Waals surface area contributed by atoms with E-state index in [1.807, 2.05) is 13.8 Å². The molecule has 15 heavy (non-hydrogen) atoms. The molecule has 0 aromatic rings. The van der Waals surface area contributed by atoms with E-state index in [4.69, 9.17) is 10.5 Å². The average Bonchev–Trinajstić information content (AvgIpc) is 2.17. The molecule has 1 rings (SSSR count). The summed E-state index contributed by atoms with van der Waals surface area (Å²) in [5.74, 6) is 0.119. The molecule has 0 aromatic carbocycles. The molecule has 0 saturated carbocycles. The molecule has 0 radical (unpaired) electrons. The summed E-state index contributed by atoms with van der Waals surface area (Å²) in [4.78, 5) is 0. The van der Waals surface area contributed by atoms with Gasteiger partial charge in [-0.3, -0.25) is 0 Å². The van der Waals surface area contributed by atoms with Crippen LogP contribution in [0.5, 0.6) is 0 Å². The number of morpholine rings is 1. The molecule has 1 fully saturated rings. The Hall–Kier alpha value is -0.170. The zero-order chi connectivity index (χ0) is 11.7. The van der Waals surface area contributed by atoms with E-state index in [2.05, 4.69) is 0 Å². The molecule has 1 atom stereocenters. The number of ether oxygens (including phenoxy) is 1. The van der Waals surface area contributed by atoms with Crippen molar-refractivity contribution in [3.63, 3.8) is 0 Å². The van der Waals surface area contributed by atoms with Crippen molar-refractivity contribution in [3.8, 4) is 0 Å². The molecule has 0 aromatic heterocycles. The zero-order valence-electron chi connectivity index (χ0n) is 9.56. The Morgan fingerprint density at radius 1 is 1.53 bits per heavy atom. The van der Waals surface area contributed by atoms with Gasteiger partial charge in [0.1, 0.15) is 0 Å². The maximum atomic E-state index is 11.9. The van der Waals surface area contributed by atoms with Crippen molar-refractivity contribution < 1.29 is 13.2 Å². The zero-order valence-corrected chi connectivity index (χ0v) is 10.4. The minimum atomic E-state index is -3.17. The minimum Gasteiger partial charge on any atom is -0.374 e. The molecule has 1 unspecified atom stereocenters. The molecule has 1 heterocycles. The lowest BCUT2D eigenvalue weighted by Gasteiger charge is -2.43. The molecular formula is C9H20N2O3S. The first-order valence-corrected chi connectivity index (χ1v) is 6.76. The first-order chi connectivity index (χ1) is 6.83. The first kappa shape index (κ1) is 12.9. The lowest BCUT2D eigenvalue weighted by molar-refractivity contribution is -0.0589. The molecule has 1 saturated heterocycles. The van der Waals surface area contributed by atoms with Crippen molar-refractivity contribution in [3.05, 3.63) is 0 Å². The number of nitrogens with two attached hydrogens (primary N) is 1. The van der Waals surface area contributed by atoms with Crippen LogP contribution in [0, 0.1) is 0 Å². The largest absolute Gasteiger partial charge is 0.374 e. The van der Waals surface area contributed by atoms with E-state index in [1.165, 1.54) is 4.31 Å². The van der Waals surface area contributed by atoms with Gasteiger partial charge in [-0.15, -0.1) is 0 Å². The van der Waals surface area contributed by atoms with Crippen molar-refractivity contribution in [1.29, 1.82) is 0 Å². The lowest BCUT2D eigenvalue weighted by Crippen LogP contribution is -2.59. The van der Waals surface area contributed by atoms with Gasteiger partial charge in [0.25, 0.3) is 0 Å². The van der Waals surface area contributed by atoms with Gasteiger partial charge in [0, 0.05) is 13.1 Å². The van der Waals surface area contributed by atoms with Gasteiger partial charge >= 0.3 is 0 Å². The predicted molar refractivity (Wildman–Crippen MR) is 59.0 cm³/mol. The summed E-state index contributed by atoms with van der Waals surface area (Å²) in [5, 5.41) is 0. The molecule has 0 amide bonds. The smallest absolute Gasteiger partial charge is 0.214 e. The Kier molecular flexibility index (Phi) is 3.76. The van der Waals surface area contributed by atoms with Crippen LogP contribution in [0.25, 0.3) is 0 Å². The van der Waals surface area contributed by atoms with Gasteiger partial charge in [-0.1, -0.05) is 0 Å². The van der Waals surface area contributed by atoms with E-state index in [-0.39, 0.29) is 11.9 Å². The normalized spacial score (nSPS) is 27.9. The highest BCUT2D eigenvalue weighted by Gasteiger charge is 2.40. The Labute approximate surface area is 91.6 Å². The average molecular weight is 236 g/mol. The maximum absolute atomic E-state index is 11.9. The van der Waals surface area contributed by atoms with Crippen molar-refractivity contribution >= 4 is 10.0 Å². The highest BCUT2D eigenvalue weighted by atomic mass is 32.2. The fourth-order valence-corrected chi connectivity index (χ4v) is 3.18. The third-order valence-corrected chi connectivity index (χ3v) is 4.72. The van der Waals surface area contributed by atoms with Crippen LogP contribution in [0.4, 0.5) is 0 Å². The number of hydrogen-bond acceptors (Lipinski definition) is 4. The number of sulfonamides is 1. The Balaban J connectivity index is 2.91. The van der Waals surface area contributed by atoms with E-state index in [0.29, 0.717) is 19.7 Å². The van der Waals surface area contributed by atoms with Crippen LogP contribution in [0.2, 0.25) is 0 Å². The maximum Gasteiger partial charge on any atom is 0.214 e. The topological polar surface area (TPSA) is 72.6 Å². The van der Waals surface area contributed by atoms with Crippen LogP contribution < -0.4 is 5.73 Å². The van der Waals surface area contributed by atoms with Crippen LogP contribution in [0.3, 0.4) is 0 Å². The summed E-state index contributed by atoms with van der Waals surface area (Å²) in [6.07, 6.45) is -0.181. The second-order valence-corrected chi connectivity index (χ2v) is 6.59. The van der Waals surface area contributed by atoms with Gasteiger partial charge in [0.05, 0.1) is 24.0 Å². The van der Waals surface area contributed by atoms with E-state index in [1.54, 1.807) is 6.92 Å². The quantitative estimate of drug-likeness (QED) is 0.735. The monoisotopic (exact) mass is 236 g/mol. The van der Waals surface area contributed by atoms with Crippen molar-refractivity contribution in [2.75, 3.05) is 25.4 Å². The molecule has 5 nitrogen and oxygen atoms in total. The van der Waals surface area contributed by atoms with Crippen molar-refractivity contribution in [2.45, 2.75) is 32.4 Å². The van der Waals surface area contributed by atoms with Crippen LogP contribution in [0.15, 0.2) is 0 Å². The third-order valence-electron chi connectivity index (χ3n) is 2.68. The highest BCUT2D eigenvalue weighted by Crippen LogP contribution is 2.25. The van der Waals surface area contributed by atoms with Gasteiger partial charge in [-0.25, -0.2) is 8.42 Å². The Morgan fingerprint density at radius 2 is 2.13 bits per heavy atom. The molecule has 2 N–H and O–H groups in total. The fraction of sp³-hybridized carbons (Fsp3) is 1.00. The molecule has 6 heteroatoms. The van der Waals surface area contributed by atoms with Crippen LogP contribution in [-0.2, 0) is 14.8 Å². The lowest BCUT2D eigenvalue weighted by atomic mass is 10.0. The summed E-state index contributed by atoms with van der Waals surface area (Å²) in [7, 11) is -3.17. The fourth-order valence-electron chi connectivity index (χ4n) is 1.67. The summed E-state index contributed by atoms with van der Waals surface area (Å²) in [6, 6.07) is 0. The van der Waals surface area contributed by atoms with Gasteiger partial charge in [0.2, 0.25) is 10.0 Å². The van der Waals surface area contributed by atoms with E-state index in [0.717, 1.165) is 0 Å². The van der Waals surface area contributed by atoms with E-state index < -0.39 is 15.6 Å². The first-order valence-electron chi connectivity index (χ1n) is 5.15. The number of rotatable bonds is 3.